The van der Waals surface area contributed by atoms with E-state index in [2.05, 4.69) is 32.4 Å². The molecule has 0 unspecified atom stereocenters. The van der Waals surface area contributed by atoms with Crippen molar-refractivity contribution in [1.29, 1.82) is 0 Å². The van der Waals surface area contributed by atoms with Crippen LogP contribution < -0.4 is 10.6 Å². The summed E-state index contributed by atoms with van der Waals surface area (Å²) in [6.07, 6.45) is 2.97. The molecule has 1 aliphatic heterocycles. The number of thiazole rings is 1. The van der Waals surface area contributed by atoms with Crippen molar-refractivity contribution in [1.82, 2.24) is 25.4 Å². The SMILES string of the molecule is CCc1cnc(CNC(=NC)NCCN2CCN(C(C)=O)CC2)s1. The molecule has 0 bridgehead atoms. The van der Waals surface area contributed by atoms with Gasteiger partial charge in [0.2, 0.25) is 5.91 Å². The van der Waals surface area contributed by atoms with E-state index < -0.39 is 0 Å². The maximum atomic E-state index is 11.3. The molecule has 1 fully saturated rings. The number of piperazine rings is 1. The number of aromatic nitrogens is 1. The summed E-state index contributed by atoms with van der Waals surface area (Å²) in [7, 11) is 1.78. The van der Waals surface area contributed by atoms with Crippen LogP contribution in [0, 0.1) is 0 Å². The van der Waals surface area contributed by atoms with E-state index in [1.165, 1.54) is 4.88 Å². The van der Waals surface area contributed by atoms with Gasteiger partial charge in [0.1, 0.15) is 5.01 Å². The molecule has 0 spiro atoms. The molecule has 134 valence electrons. The number of amides is 1. The van der Waals surface area contributed by atoms with Crippen molar-refractivity contribution >= 4 is 23.2 Å². The Morgan fingerprint density at radius 3 is 2.67 bits per heavy atom. The van der Waals surface area contributed by atoms with Crippen molar-refractivity contribution < 1.29 is 4.79 Å². The highest BCUT2D eigenvalue weighted by molar-refractivity contribution is 7.11. The molecule has 2 N–H and O–H groups in total. The summed E-state index contributed by atoms with van der Waals surface area (Å²) < 4.78 is 0. The topological polar surface area (TPSA) is 72.9 Å². The first kappa shape index (κ1) is 18.7. The molecule has 1 saturated heterocycles. The summed E-state index contributed by atoms with van der Waals surface area (Å²) >= 11 is 1.74. The summed E-state index contributed by atoms with van der Waals surface area (Å²) in [5.74, 6) is 0.969. The van der Waals surface area contributed by atoms with Gasteiger partial charge in [-0.3, -0.25) is 14.7 Å². The molecule has 0 atom stereocenters. The van der Waals surface area contributed by atoms with Crippen molar-refractivity contribution in [2.24, 2.45) is 4.99 Å². The molecule has 1 aromatic rings. The molecule has 0 aliphatic carbocycles. The third-order valence-electron chi connectivity index (χ3n) is 4.12. The van der Waals surface area contributed by atoms with Gasteiger partial charge in [-0.15, -0.1) is 11.3 Å². The predicted octanol–water partition coefficient (Wildman–Crippen LogP) is 0.535. The molecule has 8 heteroatoms. The average molecular weight is 353 g/mol. The minimum atomic E-state index is 0.172. The summed E-state index contributed by atoms with van der Waals surface area (Å²) in [6, 6.07) is 0. The van der Waals surface area contributed by atoms with Gasteiger partial charge >= 0.3 is 0 Å². The van der Waals surface area contributed by atoms with E-state index in [0.29, 0.717) is 6.54 Å². The zero-order valence-electron chi connectivity index (χ0n) is 14.8. The Bertz CT molecular complexity index is 551. The third kappa shape index (κ3) is 5.76. The number of aryl methyl sites for hydroxylation is 1. The molecule has 24 heavy (non-hydrogen) atoms. The summed E-state index contributed by atoms with van der Waals surface area (Å²) in [5.41, 5.74) is 0. The minimum absolute atomic E-state index is 0.172. The van der Waals surface area contributed by atoms with E-state index in [-0.39, 0.29) is 5.91 Å². The number of aliphatic imine (C=N–C) groups is 1. The van der Waals surface area contributed by atoms with Crippen LogP contribution in [0.3, 0.4) is 0 Å². The number of nitrogens with zero attached hydrogens (tertiary/aromatic N) is 4. The fourth-order valence-electron chi connectivity index (χ4n) is 2.59. The van der Waals surface area contributed by atoms with E-state index >= 15 is 0 Å². The van der Waals surface area contributed by atoms with Gasteiger partial charge in [0.25, 0.3) is 0 Å². The van der Waals surface area contributed by atoms with Crippen LogP contribution in [-0.2, 0) is 17.8 Å². The molecule has 2 heterocycles. The van der Waals surface area contributed by atoms with Crippen LogP contribution >= 0.6 is 11.3 Å². The van der Waals surface area contributed by atoms with Gasteiger partial charge in [-0.05, 0) is 6.42 Å². The van der Waals surface area contributed by atoms with E-state index in [4.69, 9.17) is 0 Å². The Morgan fingerprint density at radius 2 is 2.08 bits per heavy atom. The van der Waals surface area contributed by atoms with Crippen molar-refractivity contribution in [3.05, 3.63) is 16.1 Å². The predicted molar refractivity (Wildman–Crippen MR) is 98.4 cm³/mol. The van der Waals surface area contributed by atoms with Gasteiger partial charge in [-0.25, -0.2) is 4.98 Å². The van der Waals surface area contributed by atoms with Crippen LogP contribution in [0.2, 0.25) is 0 Å². The molecule has 0 radical (unpaired) electrons. The number of carbonyl (C=O) groups is 1. The zero-order chi connectivity index (χ0) is 17.4. The number of hydrogen-bond acceptors (Lipinski definition) is 5. The lowest BCUT2D eigenvalue weighted by atomic mass is 10.3. The van der Waals surface area contributed by atoms with Crippen molar-refractivity contribution in [2.45, 2.75) is 26.8 Å². The van der Waals surface area contributed by atoms with E-state index in [1.54, 1.807) is 25.3 Å². The van der Waals surface area contributed by atoms with Crippen molar-refractivity contribution in [3.8, 4) is 0 Å². The zero-order valence-corrected chi connectivity index (χ0v) is 15.7. The second-order valence-electron chi connectivity index (χ2n) is 5.77. The highest BCUT2D eigenvalue weighted by Crippen LogP contribution is 2.12. The molecule has 7 nitrogen and oxygen atoms in total. The van der Waals surface area contributed by atoms with E-state index in [0.717, 1.165) is 56.7 Å². The normalized spacial score (nSPS) is 16.3. The number of hydrogen-bond donors (Lipinski definition) is 2. The van der Waals surface area contributed by atoms with Crippen LogP contribution in [0.4, 0.5) is 0 Å². The second kappa shape index (κ2) is 9.58. The number of rotatable bonds is 6. The van der Waals surface area contributed by atoms with Crippen LogP contribution in [0.5, 0.6) is 0 Å². The maximum Gasteiger partial charge on any atom is 0.219 e. The Kier molecular flexibility index (Phi) is 7.45. The molecule has 0 saturated carbocycles. The van der Waals surface area contributed by atoms with Crippen molar-refractivity contribution in [3.63, 3.8) is 0 Å². The molecular weight excluding hydrogens is 324 g/mol. The van der Waals surface area contributed by atoms with Gasteiger partial charge < -0.3 is 15.5 Å². The molecular formula is C16H28N6OS. The van der Waals surface area contributed by atoms with Crippen molar-refractivity contribution in [2.75, 3.05) is 46.3 Å². The highest BCUT2D eigenvalue weighted by atomic mass is 32.1. The minimum Gasteiger partial charge on any atom is -0.355 e. The summed E-state index contributed by atoms with van der Waals surface area (Å²) in [5, 5.41) is 7.71. The fraction of sp³-hybridized carbons (Fsp3) is 0.688. The number of guanidine groups is 1. The number of carbonyl (C=O) groups excluding carboxylic acids is 1. The van der Waals surface area contributed by atoms with Crippen LogP contribution in [0.25, 0.3) is 0 Å². The lowest BCUT2D eigenvalue weighted by molar-refractivity contribution is -0.130. The van der Waals surface area contributed by atoms with E-state index in [1.807, 2.05) is 11.1 Å². The molecule has 2 rings (SSSR count). The smallest absolute Gasteiger partial charge is 0.219 e. The first-order chi connectivity index (χ1) is 11.6. The Balaban J connectivity index is 1.64. The highest BCUT2D eigenvalue weighted by Gasteiger charge is 2.17. The summed E-state index contributed by atoms with van der Waals surface area (Å²) in [6.45, 7) is 9.78. The average Bonchev–Trinajstić information content (AvgIpc) is 3.06. The van der Waals surface area contributed by atoms with Crippen LogP contribution in [0.15, 0.2) is 11.2 Å². The van der Waals surface area contributed by atoms with Crippen LogP contribution in [0.1, 0.15) is 23.7 Å². The van der Waals surface area contributed by atoms with Crippen LogP contribution in [-0.4, -0.2) is 73.0 Å². The Hall–Kier alpha value is -1.67. The Labute approximate surface area is 148 Å². The molecule has 1 aliphatic rings. The third-order valence-corrected chi connectivity index (χ3v) is 5.26. The first-order valence-electron chi connectivity index (χ1n) is 8.48. The van der Waals surface area contributed by atoms with Gasteiger partial charge in [0.05, 0.1) is 6.54 Å². The fourth-order valence-corrected chi connectivity index (χ4v) is 3.39. The Morgan fingerprint density at radius 1 is 1.33 bits per heavy atom. The van der Waals surface area contributed by atoms with Gasteiger partial charge in [-0.1, -0.05) is 6.92 Å². The standard InChI is InChI=1S/C16H28N6OS/c1-4-14-11-19-15(24-14)12-20-16(17-3)18-5-6-21-7-9-22(10-8-21)13(2)23/h11H,4-10,12H2,1-3H3,(H2,17,18,20). The lowest BCUT2D eigenvalue weighted by Crippen LogP contribution is -2.50. The van der Waals surface area contributed by atoms with Gasteiger partial charge in [-0.2, -0.15) is 0 Å². The largest absolute Gasteiger partial charge is 0.355 e. The first-order valence-corrected chi connectivity index (χ1v) is 9.30. The van der Waals surface area contributed by atoms with Gasteiger partial charge in [0.15, 0.2) is 5.96 Å². The second-order valence-corrected chi connectivity index (χ2v) is 6.97. The molecule has 0 aromatic carbocycles. The molecule has 1 aromatic heterocycles. The number of nitrogens with one attached hydrogen (secondary N) is 2. The molecule has 1 amide bonds. The van der Waals surface area contributed by atoms with E-state index in [9.17, 15) is 4.79 Å². The van der Waals surface area contributed by atoms with Gasteiger partial charge in [0, 0.05) is 64.3 Å². The monoisotopic (exact) mass is 352 g/mol. The lowest BCUT2D eigenvalue weighted by Gasteiger charge is -2.34. The summed E-state index contributed by atoms with van der Waals surface area (Å²) in [4.78, 5) is 25.6. The maximum absolute atomic E-state index is 11.3. The quantitative estimate of drug-likeness (QED) is 0.577.